The Morgan fingerprint density at radius 3 is 3.08 bits per heavy atom. The van der Waals surface area contributed by atoms with Crippen molar-refractivity contribution in [2.24, 2.45) is 0 Å². The van der Waals surface area contributed by atoms with Crippen LogP contribution in [-0.4, -0.2) is 38.7 Å². The van der Waals surface area contributed by atoms with E-state index in [2.05, 4.69) is 25.7 Å². The number of piperidine rings is 1. The second-order valence-electron chi connectivity index (χ2n) is 5.89. The van der Waals surface area contributed by atoms with E-state index in [1.807, 2.05) is 34.5 Å². The standard InChI is InChI=1S/C17H18N6OS/c24-16(14-6-9-23(22-14)12-4-3-7-18-10-12)21-17-20-15(11-25-17)13-5-1-2-8-19-13/h1-2,5-6,8-9,11-12,18H,3-4,7,10H2,(H,20,21,24). The molecule has 2 N–H and O–H groups in total. The lowest BCUT2D eigenvalue weighted by atomic mass is 10.1. The molecule has 1 unspecified atom stereocenters. The number of carbonyl (C=O) groups excluding carboxylic acids is 1. The molecule has 0 radical (unpaired) electrons. The third-order valence-electron chi connectivity index (χ3n) is 4.14. The van der Waals surface area contributed by atoms with Crippen molar-refractivity contribution >= 4 is 22.4 Å². The molecule has 1 aliphatic rings. The van der Waals surface area contributed by atoms with Crippen molar-refractivity contribution in [2.45, 2.75) is 18.9 Å². The minimum absolute atomic E-state index is 0.246. The fourth-order valence-electron chi connectivity index (χ4n) is 2.85. The van der Waals surface area contributed by atoms with Gasteiger partial charge in [0.1, 0.15) is 5.69 Å². The summed E-state index contributed by atoms with van der Waals surface area (Å²) in [4.78, 5) is 21.1. The second kappa shape index (κ2) is 7.12. The van der Waals surface area contributed by atoms with Crippen LogP contribution in [0.25, 0.3) is 11.4 Å². The maximum absolute atomic E-state index is 12.4. The monoisotopic (exact) mass is 354 g/mol. The van der Waals surface area contributed by atoms with Gasteiger partial charge in [0.2, 0.25) is 0 Å². The minimum atomic E-state index is -0.246. The number of carbonyl (C=O) groups is 1. The van der Waals surface area contributed by atoms with Gasteiger partial charge in [0.15, 0.2) is 10.8 Å². The number of aromatic nitrogens is 4. The van der Waals surface area contributed by atoms with Gasteiger partial charge >= 0.3 is 0 Å². The number of pyridine rings is 1. The van der Waals surface area contributed by atoms with Crippen LogP contribution < -0.4 is 10.6 Å². The summed E-state index contributed by atoms with van der Waals surface area (Å²) >= 11 is 1.37. The van der Waals surface area contributed by atoms with Gasteiger partial charge in [-0.15, -0.1) is 11.3 Å². The van der Waals surface area contributed by atoms with Gasteiger partial charge in [-0.1, -0.05) is 6.07 Å². The number of anilines is 1. The largest absolute Gasteiger partial charge is 0.315 e. The Morgan fingerprint density at radius 1 is 1.32 bits per heavy atom. The van der Waals surface area contributed by atoms with Crippen LogP contribution in [0, 0.1) is 0 Å². The Kier molecular flexibility index (Phi) is 4.53. The van der Waals surface area contributed by atoms with Crippen molar-refractivity contribution in [1.29, 1.82) is 0 Å². The van der Waals surface area contributed by atoms with E-state index in [0.29, 0.717) is 16.9 Å². The van der Waals surface area contributed by atoms with Crippen LogP contribution in [0.4, 0.5) is 5.13 Å². The number of hydrogen-bond acceptors (Lipinski definition) is 6. The fraction of sp³-hybridized carbons (Fsp3) is 0.294. The zero-order chi connectivity index (χ0) is 17.1. The lowest BCUT2D eigenvalue weighted by Crippen LogP contribution is -2.32. The predicted octanol–water partition coefficient (Wildman–Crippen LogP) is 2.58. The first-order valence-electron chi connectivity index (χ1n) is 8.24. The maximum Gasteiger partial charge on any atom is 0.277 e. The summed E-state index contributed by atoms with van der Waals surface area (Å²) in [5.41, 5.74) is 1.94. The maximum atomic E-state index is 12.4. The van der Waals surface area contributed by atoms with Crippen molar-refractivity contribution < 1.29 is 4.79 Å². The fourth-order valence-corrected chi connectivity index (χ4v) is 3.55. The third-order valence-corrected chi connectivity index (χ3v) is 4.90. The van der Waals surface area contributed by atoms with Crippen LogP contribution >= 0.6 is 11.3 Å². The van der Waals surface area contributed by atoms with Gasteiger partial charge in [0.25, 0.3) is 5.91 Å². The summed E-state index contributed by atoms with van der Waals surface area (Å²) in [6.07, 6.45) is 5.80. The van der Waals surface area contributed by atoms with Gasteiger partial charge in [-0.05, 0) is 37.6 Å². The number of amides is 1. The third kappa shape index (κ3) is 3.59. The smallest absolute Gasteiger partial charge is 0.277 e. The summed E-state index contributed by atoms with van der Waals surface area (Å²) in [7, 11) is 0. The van der Waals surface area contributed by atoms with E-state index in [-0.39, 0.29) is 5.91 Å². The molecule has 25 heavy (non-hydrogen) atoms. The van der Waals surface area contributed by atoms with E-state index in [0.717, 1.165) is 37.3 Å². The Labute approximate surface area is 149 Å². The Morgan fingerprint density at radius 2 is 2.28 bits per heavy atom. The number of nitrogens with zero attached hydrogens (tertiary/aromatic N) is 4. The van der Waals surface area contributed by atoms with Crippen LogP contribution in [0.15, 0.2) is 42.0 Å². The summed E-state index contributed by atoms with van der Waals surface area (Å²) in [5.74, 6) is -0.246. The molecule has 1 atom stereocenters. The second-order valence-corrected chi connectivity index (χ2v) is 6.75. The van der Waals surface area contributed by atoms with Gasteiger partial charge in [0.05, 0.1) is 11.7 Å². The molecular weight excluding hydrogens is 336 g/mol. The highest BCUT2D eigenvalue weighted by Crippen LogP contribution is 2.23. The number of hydrogen-bond donors (Lipinski definition) is 2. The van der Waals surface area contributed by atoms with Crippen LogP contribution in [0.1, 0.15) is 29.4 Å². The van der Waals surface area contributed by atoms with E-state index in [1.54, 1.807) is 12.3 Å². The summed E-state index contributed by atoms with van der Waals surface area (Å²) in [6, 6.07) is 7.71. The van der Waals surface area contributed by atoms with Gasteiger partial charge < -0.3 is 5.32 Å². The zero-order valence-corrected chi connectivity index (χ0v) is 14.4. The molecule has 1 aliphatic heterocycles. The van der Waals surface area contributed by atoms with E-state index >= 15 is 0 Å². The highest BCUT2D eigenvalue weighted by atomic mass is 32.1. The highest BCUT2D eigenvalue weighted by molar-refractivity contribution is 7.14. The van der Waals surface area contributed by atoms with Crippen molar-refractivity contribution in [1.82, 2.24) is 25.1 Å². The molecule has 0 saturated carbocycles. The lowest BCUT2D eigenvalue weighted by Gasteiger charge is -2.22. The van der Waals surface area contributed by atoms with Crippen molar-refractivity contribution in [2.75, 3.05) is 18.4 Å². The molecule has 3 aromatic rings. The van der Waals surface area contributed by atoms with Crippen molar-refractivity contribution in [3.05, 3.63) is 47.7 Å². The average molecular weight is 354 g/mol. The van der Waals surface area contributed by atoms with Crippen LogP contribution in [0.5, 0.6) is 0 Å². The van der Waals surface area contributed by atoms with Crippen LogP contribution in [0.2, 0.25) is 0 Å². The lowest BCUT2D eigenvalue weighted by molar-refractivity contribution is 0.102. The zero-order valence-electron chi connectivity index (χ0n) is 13.6. The SMILES string of the molecule is O=C(Nc1nc(-c2ccccn2)cs1)c1ccn(C2CCCNC2)n1. The molecule has 1 fully saturated rings. The molecule has 4 heterocycles. The highest BCUT2D eigenvalue weighted by Gasteiger charge is 2.18. The molecule has 8 heteroatoms. The summed E-state index contributed by atoms with van der Waals surface area (Å²) in [6.45, 7) is 1.94. The number of rotatable bonds is 4. The Hall–Kier alpha value is -2.58. The first-order chi connectivity index (χ1) is 12.3. The van der Waals surface area contributed by atoms with Gasteiger partial charge in [-0.25, -0.2) is 4.98 Å². The molecule has 128 valence electrons. The first-order valence-corrected chi connectivity index (χ1v) is 9.12. The van der Waals surface area contributed by atoms with Crippen molar-refractivity contribution in [3.8, 4) is 11.4 Å². The van der Waals surface area contributed by atoms with E-state index in [9.17, 15) is 4.79 Å². The molecule has 0 spiro atoms. The van der Waals surface area contributed by atoms with E-state index in [1.165, 1.54) is 11.3 Å². The number of thiazole rings is 1. The normalized spacial score (nSPS) is 17.4. The molecule has 4 rings (SSSR count). The van der Waals surface area contributed by atoms with Gasteiger partial charge in [-0.3, -0.25) is 19.8 Å². The van der Waals surface area contributed by atoms with Crippen LogP contribution in [-0.2, 0) is 0 Å². The topological polar surface area (TPSA) is 84.7 Å². The molecule has 3 aromatic heterocycles. The minimum Gasteiger partial charge on any atom is -0.315 e. The molecule has 0 aliphatic carbocycles. The molecule has 1 amide bonds. The average Bonchev–Trinajstić information content (AvgIpc) is 3.33. The summed E-state index contributed by atoms with van der Waals surface area (Å²) < 4.78 is 1.88. The molecule has 0 bridgehead atoms. The quantitative estimate of drug-likeness (QED) is 0.752. The Bertz CT molecular complexity index is 853. The van der Waals surface area contributed by atoms with E-state index in [4.69, 9.17) is 0 Å². The first kappa shape index (κ1) is 15.9. The van der Waals surface area contributed by atoms with E-state index < -0.39 is 0 Å². The molecule has 7 nitrogen and oxygen atoms in total. The summed E-state index contributed by atoms with van der Waals surface area (Å²) in [5, 5.41) is 13.0. The molecule has 1 saturated heterocycles. The van der Waals surface area contributed by atoms with Gasteiger partial charge in [0, 0.05) is 24.3 Å². The number of nitrogens with one attached hydrogen (secondary N) is 2. The predicted molar refractivity (Wildman–Crippen MR) is 96.7 cm³/mol. The van der Waals surface area contributed by atoms with Crippen LogP contribution in [0.3, 0.4) is 0 Å². The van der Waals surface area contributed by atoms with Gasteiger partial charge in [-0.2, -0.15) is 5.10 Å². The molecule has 0 aromatic carbocycles. The Balaban J connectivity index is 1.44. The van der Waals surface area contributed by atoms with Crippen molar-refractivity contribution in [3.63, 3.8) is 0 Å². The molecular formula is C17H18N6OS.